The molecule has 1 aromatic heterocycles. The molecule has 0 saturated heterocycles. The number of unbranched alkanes of at least 4 members (excludes halogenated alkanes) is 3. The van der Waals surface area contributed by atoms with Gasteiger partial charge in [0.05, 0.1) is 0 Å². The average Bonchev–Trinajstić information content (AvgIpc) is 3.15. The van der Waals surface area contributed by atoms with Gasteiger partial charge in [0.2, 0.25) is 0 Å². The summed E-state index contributed by atoms with van der Waals surface area (Å²) in [6.45, 7) is 8.83. The molecule has 0 aliphatic rings. The summed E-state index contributed by atoms with van der Waals surface area (Å²) >= 11 is -1.18. The van der Waals surface area contributed by atoms with Crippen molar-refractivity contribution in [2.75, 3.05) is 6.54 Å². The molecule has 142 valence electrons. The van der Waals surface area contributed by atoms with E-state index < -0.39 is 18.8 Å². The second-order valence-electron chi connectivity index (χ2n) is 6.85. The van der Waals surface area contributed by atoms with Crippen molar-refractivity contribution in [3.05, 3.63) is 22.4 Å². The Bertz CT molecular complexity index is 492. The second kappa shape index (κ2) is 12.9. The summed E-state index contributed by atoms with van der Waals surface area (Å²) in [6.07, 6.45) is 7.16. The number of carbonyl (C=O) groups is 1. The third-order valence-electron chi connectivity index (χ3n) is 4.61. The van der Waals surface area contributed by atoms with Gasteiger partial charge in [0, 0.05) is 0 Å². The van der Waals surface area contributed by atoms with Gasteiger partial charge in [-0.15, -0.1) is 0 Å². The Morgan fingerprint density at radius 3 is 2.08 bits per heavy atom. The predicted molar refractivity (Wildman–Crippen MR) is 112 cm³/mol. The Balaban J connectivity index is 2.75. The molecule has 0 radical (unpaired) electrons. The Kier molecular flexibility index (Phi) is 11.7. The van der Waals surface area contributed by atoms with E-state index in [0.717, 1.165) is 10.6 Å². The molecule has 0 bridgehead atoms. The molecule has 0 atom stereocenters. The summed E-state index contributed by atoms with van der Waals surface area (Å²) in [6, 6.07) is 4.06. The minimum absolute atomic E-state index is 0.0879. The Labute approximate surface area is 162 Å². The fourth-order valence-corrected chi connectivity index (χ4v) is 16.9. The van der Waals surface area contributed by atoms with Crippen LogP contribution in [0, 0.1) is 0 Å². The molecular weight excluding hydrogens is 437 g/mol. The van der Waals surface area contributed by atoms with Crippen LogP contribution in [0.15, 0.2) is 22.5 Å². The van der Waals surface area contributed by atoms with E-state index in [9.17, 15) is 4.79 Å². The standard InChI is InChI=1S/C8H9NO2S.3C4H9.Sn/c1-6(9-5-8(10)11)7-3-2-4-12-7;3*1-3-4-2;/h2-4H,5H2,1H3,(H,10,11);3*1,3-4H2,2H3;/q;;;;+1/p-1. The molecule has 0 saturated carbocycles. The minimum atomic E-state index is -2.84. The molecule has 0 aliphatic carbocycles. The van der Waals surface area contributed by atoms with Gasteiger partial charge >= 0.3 is 163 Å². The van der Waals surface area contributed by atoms with Gasteiger partial charge in [0.1, 0.15) is 0 Å². The topological polar surface area (TPSA) is 38.7 Å². The maximum absolute atomic E-state index is 12.5. The molecule has 0 N–H and O–H groups in total. The molecule has 0 spiro atoms. The molecule has 0 unspecified atom stereocenters. The van der Waals surface area contributed by atoms with E-state index in [4.69, 9.17) is 3.07 Å². The number of rotatable bonds is 13. The van der Waals surface area contributed by atoms with Gasteiger partial charge in [-0.2, -0.15) is 0 Å². The van der Waals surface area contributed by atoms with Crippen LogP contribution >= 0.6 is 11.3 Å². The third-order valence-corrected chi connectivity index (χ3v) is 18.3. The van der Waals surface area contributed by atoms with Crippen molar-refractivity contribution in [1.82, 2.24) is 0 Å². The first-order valence-corrected chi connectivity index (χ1v) is 17.9. The Hall–Kier alpha value is -0.361. The molecule has 1 rings (SSSR count). The summed E-state index contributed by atoms with van der Waals surface area (Å²) in [5.74, 6) is -0.0879. The monoisotopic (exact) mass is 473 g/mol. The van der Waals surface area contributed by atoms with Crippen LogP contribution < -0.4 is 0 Å². The Morgan fingerprint density at radius 1 is 1.08 bits per heavy atom. The maximum atomic E-state index is 12.5. The zero-order valence-corrected chi connectivity index (χ0v) is 20.1. The number of thiophene rings is 1. The van der Waals surface area contributed by atoms with E-state index in [1.54, 1.807) is 11.3 Å². The van der Waals surface area contributed by atoms with Gasteiger partial charge in [0.15, 0.2) is 0 Å². The summed E-state index contributed by atoms with van der Waals surface area (Å²) in [4.78, 5) is 18.2. The van der Waals surface area contributed by atoms with Crippen LogP contribution in [0.2, 0.25) is 13.3 Å². The molecular formula is C20H35NO2SSn. The van der Waals surface area contributed by atoms with Crippen LogP contribution in [-0.4, -0.2) is 37.0 Å². The number of aliphatic imine (C=N–C) groups is 1. The van der Waals surface area contributed by atoms with Gasteiger partial charge in [-0.25, -0.2) is 0 Å². The molecule has 0 amide bonds. The molecule has 0 aromatic carbocycles. The van der Waals surface area contributed by atoms with Crippen molar-refractivity contribution >= 4 is 41.8 Å². The van der Waals surface area contributed by atoms with E-state index in [2.05, 4.69) is 25.8 Å². The van der Waals surface area contributed by atoms with E-state index >= 15 is 0 Å². The van der Waals surface area contributed by atoms with Gasteiger partial charge in [0.25, 0.3) is 0 Å². The molecule has 0 aliphatic heterocycles. The summed E-state index contributed by atoms with van der Waals surface area (Å²) in [5.41, 5.74) is 0.934. The van der Waals surface area contributed by atoms with Crippen LogP contribution in [0.25, 0.3) is 0 Å². The number of nitrogens with zero attached hydrogens (tertiary/aromatic N) is 1. The van der Waals surface area contributed by atoms with Crippen LogP contribution in [0.5, 0.6) is 0 Å². The SMILES string of the molecule is CCC[CH2][Sn]([CH2]CCC)([CH2]CCC)[O]C(=O)CN=C(C)c1cccs1. The normalized spacial score (nSPS) is 12.4. The van der Waals surface area contributed by atoms with Crippen molar-refractivity contribution in [3.63, 3.8) is 0 Å². The molecule has 3 nitrogen and oxygen atoms in total. The fraction of sp³-hybridized carbons (Fsp3) is 0.700. The summed E-state index contributed by atoms with van der Waals surface area (Å²) < 4.78 is 9.83. The summed E-state index contributed by atoms with van der Waals surface area (Å²) in [7, 11) is 0. The van der Waals surface area contributed by atoms with Gasteiger partial charge in [-0.05, 0) is 0 Å². The van der Waals surface area contributed by atoms with E-state index in [0.29, 0.717) is 0 Å². The van der Waals surface area contributed by atoms with Crippen LogP contribution in [0.4, 0.5) is 0 Å². The van der Waals surface area contributed by atoms with Crippen LogP contribution in [0.1, 0.15) is 71.1 Å². The number of hydrogen-bond acceptors (Lipinski definition) is 4. The first kappa shape index (κ1) is 22.7. The van der Waals surface area contributed by atoms with Crippen molar-refractivity contribution in [2.24, 2.45) is 4.99 Å². The molecule has 5 heteroatoms. The first-order chi connectivity index (χ1) is 12.1. The van der Waals surface area contributed by atoms with Crippen LogP contribution in [-0.2, 0) is 7.87 Å². The van der Waals surface area contributed by atoms with Crippen molar-refractivity contribution in [1.29, 1.82) is 0 Å². The van der Waals surface area contributed by atoms with Crippen molar-refractivity contribution in [3.8, 4) is 0 Å². The van der Waals surface area contributed by atoms with E-state index in [1.165, 1.54) is 51.8 Å². The van der Waals surface area contributed by atoms with Gasteiger partial charge in [-0.1, -0.05) is 0 Å². The predicted octanol–water partition coefficient (Wildman–Crippen LogP) is 6.45. The zero-order valence-electron chi connectivity index (χ0n) is 16.5. The second-order valence-corrected chi connectivity index (χ2v) is 19.4. The number of carbonyl (C=O) groups excluding carboxylic acids is 1. The van der Waals surface area contributed by atoms with Crippen molar-refractivity contribution < 1.29 is 7.87 Å². The zero-order chi connectivity index (χ0) is 18.5. The first-order valence-electron chi connectivity index (χ1n) is 9.83. The molecule has 25 heavy (non-hydrogen) atoms. The van der Waals surface area contributed by atoms with Gasteiger partial charge in [-0.3, -0.25) is 0 Å². The van der Waals surface area contributed by atoms with Crippen molar-refractivity contribution in [2.45, 2.75) is 79.5 Å². The average molecular weight is 472 g/mol. The van der Waals surface area contributed by atoms with E-state index in [-0.39, 0.29) is 12.5 Å². The fourth-order valence-electron chi connectivity index (χ4n) is 3.04. The molecule has 1 heterocycles. The van der Waals surface area contributed by atoms with E-state index in [1.807, 2.05) is 24.4 Å². The van der Waals surface area contributed by atoms with Crippen LogP contribution in [0.3, 0.4) is 0 Å². The molecule has 1 aromatic rings. The quantitative estimate of drug-likeness (QED) is 0.245. The summed E-state index contributed by atoms with van der Waals surface area (Å²) in [5, 5.41) is 2.04. The molecule has 0 fully saturated rings. The Morgan fingerprint density at radius 2 is 1.64 bits per heavy atom. The van der Waals surface area contributed by atoms with Gasteiger partial charge < -0.3 is 0 Å². The third kappa shape index (κ3) is 8.71. The number of hydrogen-bond donors (Lipinski definition) is 0.